The largest absolute Gasteiger partial charge is 0.478 e. The first kappa shape index (κ1) is 33.3. The third-order valence-corrected chi connectivity index (χ3v) is 6.60. The van der Waals surface area contributed by atoms with Crippen molar-refractivity contribution in [1.29, 1.82) is 0 Å². The average Bonchev–Trinajstić information content (AvgIpc) is 2.78. The van der Waals surface area contributed by atoms with E-state index in [1.807, 2.05) is 0 Å². The maximum atomic E-state index is 10.1. The Labute approximate surface area is 202 Å². The fourth-order valence-electron chi connectivity index (χ4n) is 4.39. The van der Waals surface area contributed by atoms with Crippen molar-refractivity contribution in [3.05, 3.63) is 12.2 Å². The monoisotopic (exact) mass is 453 g/mol. The second-order valence-electron chi connectivity index (χ2n) is 9.72. The number of allylic oxidation sites excluding steroid dienone is 1. The molecular weight excluding hydrogens is 394 g/mol. The summed E-state index contributed by atoms with van der Waals surface area (Å²) >= 11 is 0. The Morgan fingerprint density at radius 2 is 1.16 bits per heavy atom. The SMILES string of the molecule is CCCCC(CCCC)C(N)(CCCC)CCCC.CCCCCCCCC=CC(=O)O. The zero-order chi connectivity index (χ0) is 24.5. The third kappa shape index (κ3) is 21.0. The fourth-order valence-corrected chi connectivity index (χ4v) is 4.39. The summed E-state index contributed by atoms with van der Waals surface area (Å²) in [6.45, 7) is 11.4. The van der Waals surface area contributed by atoms with Gasteiger partial charge in [0.2, 0.25) is 0 Å². The minimum absolute atomic E-state index is 0.121. The van der Waals surface area contributed by atoms with E-state index < -0.39 is 5.97 Å². The lowest BCUT2D eigenvalue weighted by Crippen LogP contribution is -2.47. The number of unbranched alkanes of at least 4 members (excludes halogenated alkanes) is 10. The summed E-state index contributed by atoms with van der Waals surface area (Å²) in [6, 6.07) is 0. The molecule has 3 nitrogen and oxygen atoms in total. The normalized spacial score (nSPS) is 11.7. The maximum Gasteiger partial charge on any atom is 0.327 e. The van der Waals surface area contributed by atoms with Gasteiger partial charge in [-0.15, -0.1) is 0 Å². The summed E-state index contributed by atoms with van der Waals surface area (Å²) in [5.74, 6) is -0.0866. The topological polar surface area (TPSA) is 63.3 Å². The van der Waals surface area contributed by atoms with Crippen molar-refractivity contribution in [3.8, 4) is 0 Å². The van der Waals surface area contributed by atoms with E-state index in [9.17, 15) is 4.79 Å². The van der Waals surface area contributed by atoms with Gasteiger partial charge in [0.05, 0.1) is 0 Å². The number of carboxylic acids is 1. The van der Waals surface area contributed by atoms with Crippen molar-refractivity contribution in [2.24, 2.45) is 11.7 Å². The van der Waals surface area contributed by atoms with Crippen LogP contribution in [0, 0.1) is 5.92 Å². The molecule has 32 heavy (non-hydrogen) atoms. The van der Waals surface area contributed by atoms with Crippen molar-refractivity contribution in [3.63, 3.8) is 0 Å². The Bertz CT molecular complexity index is 403. The van der Waals surface area contributed by atoms with E-state index in [1.165, 1.54) is 115 Å². The molecule has 0 heterocycles. The predicted octanol–water partition coefficient (Wildman–Crippen LogP) is 9.44. The zero-order valence-corrected chi connectivity index (χ0v) is 22.6. The maximum absolute atomic E-state index is 10.1. The molecule has 0 aliphatic carbocycles. The van der Waals surface area contributed by atoms with Crippen LogP contribution in [0.15, 0.2) is 12.2 Å². The molecule has 3 heteroatoms. The molecular formula is C29H59NO2. The van der Waals surface area contributed by atoms with Crippen LogP contribution in [0.4, 0.5) is 0 Å². The molecule has 0 aromatic carbocycles. The molecule has 192 valence electrons. The van der Waals surface area contributed by atoms with Gasteiger partial charge in [-0.05, 0) is 44.4 Å². The van der Waals surface area contributed by atoms with Crippen LogP contribution in [0.3, 0.4) is 0 Å². The predicted molar refractivity (Wildman–Crippen MR) is 143 cm³/mol. The third-order valence-electron chi connectivity index (χ3n) is 6.60. The smallest absolute Gasteiger partial charge is 0.327 e. The Balaban J connectivity index is 0. The zero-order valence-electron chi connectivity index (χ0n) is 22.6. The van der Waals surface area contributed by atoms with Gasteiger partial charge in [-0.1, -0.05) is 124 Å². The van der Waals surface area contributed by atoms with Gasteiger partial charge in [0.15, 0.2) is 0 Å². The number of hydrogen-bond acceptors (Lipinski definition) is 2. The van der Waals surface area contributed by atoms with Crippen LogP contribution in [-0.4, -0.2) is 16.6 Å². The van der Waals surface area contributed by atoms with Gasteiger partial charge in [0, 0.05) is 11.6 Å². The Morgan fingerprint density at radius 1 is 0.719 bits per heavy atom. The number of rotatable bonds is 21. The molecule has 0 bridgehead atoms. The van der Waals surface area contributed by atoms with Crippen LogP contribution in [0.5, 0.6) is 0 Å². The van der Waals surface area contributed by atoms with Crippen molar-refractivity contribution < 1.29 is 9.90 Å². The first-order valence-corrected chi connectivity index (χ1v) is 14.1. The van der Waals surface area contributed by atoms with E-state index in [0.717, 1.165) is 18.8 Å². The molecule has 0 saturated heterocycles. The highest BCUT2D eigenvalue weighted by Crippen LogP contribution is 2.34. The summed E-state index contributed by atoms with van der Waals surface area (Å²) in [5, 5.41) is 8.30. The summed E-state index contributed by atoms with van der Waals surface area (Å²) in [6.07, 6.45) is 27.1. The van der Waals surface area contributed by atoms with Crippen LogP contribution in [0.1, 0.15) is 157 Å². The molecule has 3 N–H and O–H groups in total. The van der Waals surface area contributed by atoms with Gasteiger partial charge in [0.1, 0.15) is 0 Å². The molecule has 0 unspecified atom stereocenters. The van der Waals surface area contributed by atoms with Crippen molar-refractivity contribution in [2.45, 2.75) is 162 Å². The fraction of sp³-hybridized carbons (Fsp3) is 0.897. The van der Waals surface area contributed by atoms with Crippen molar-refractivity contribution >= 4 is 5.97 Å². The second kappa shape index (κ2) is 24.8. The van der Waals surface area contributed by atoms with Gasteiger partial charge in [0.25, 0.3) is 0 Å². The minimum Gasteiger partial charge on any atom is -0.478 e. The van der Waals surface area contributed by atoms with Crippen LogP contribution in [-0.2, 0) is 4.79 Å². The van der Waals surface area contributed by atoms with E-state index in [-0.39, 0.29) is 5.54 Å². The summed E-state index contributed by atoms with van der Waals surface area (Å²) in [7, 11) is 0. The number of hydrogen-bond donors (Lipinski definition) is 2. The molecule has 0 atom stereocenters. The van der Waals surface area contributed by atoms with Crippen LogP contribution in [0.25, 0.3) is 0 Å². The van der Waals surface area contributed by atoms with E-state index in [4.69, 9.17) is 10.8 Å². The molecule has 0 spiro atoms. The van der Waals surface area contributed by atoms with Crippen molar-refractivity contribution in [2.75, 3.05) is 0 Å². The minimum atomic E-state index is -0.842. The summed E-state index contributed by atoms with van der Waals surface area (Å²) in [5.41, 5.74) is 7.02. The highest BCUT2D eigenvalue weighted by molar-refractivity contribution is 5.79. The molecule has 0 aromatic rings. The lowest BCUT2D eigenvalue weighted by Gasteiger charge is -2.38. The highest BCUT2D eigenvalue weighted by Gasteiger charge is 2.32. The van der Waals surface area contributed by atoms with Gasteiger partial charge >= 0.3 is 5.97 Å². The Morgan fingerprint density at radius 3 is 1.59 bits per heavy atom. The van der Waals surface area contributed by atoms with Crippen LogP contribution in [0.2, 0.25) is 0 Å². The molecule has 0 radical (unpaired) electrons. The quantitative estimate of drug-likeness (QED) is 0.134. The average molecular weight is 454 g/mol. The van der Waals surface area contributed by atoms with Gasteiger partial charge in [-0.25, -0.2) is 4.79 Å². The van der Waals surface area contributed by atoms with E-state index in [0.29, 0.717) is 0 Å². The summed E-state index contributed by atoms with van der Waals surface area (Å²) < 4.78 is 0. The van der Waals surface area contributed by atoms with E-state index in [2.05, 4.69) is 34.6 Å². The lowest BCUT2D eigenvalue weighted by atomic mass is 9.72. The first-order valence-electron chi connectivity index (χ1n) is 14.1. The molecule has 0 fully saturated rings. The van der Waals surface area contributed by atoms with Gasteiger partial charge in [-0.2, -0.15) is 0 Å². The number of carboxylic acid groups (broad SMARTS) is 1. The van der Waals surface area contributed by atoms with Crippen LogP contribution < -0.4 is 5.73 Å². The number of nitrogens with two attached hydrogens (primary N) is 1. The lowest BCUT2D eigenvalue weighted by molar-refractivity contribution is -0.131. The van der Waals surface area contributed by atoms with Gasteiger partial charge in [-0.3, -0.25) is 0 Å². The Kier molecular flexibility index (Phi) is 25.8. The summed E-state index contributed by atoms with van der Waals surface area (Å²) in [4.78, 5) is 10.1. The number of aliphatic carboxylic acids is 1. The van der Waals surface area contributed by atoms with Gasteiger partial charge < -0.3 is 10.8 Å². The first-order chi connectivity index (χ1) is 15.4. The highest BCUT2D eigenvalue weighted by atomic mass is 16.4. The standard InChI is InChI=1S/C18H39N.C11H20O2/c1-5-9-13-17(14-10-6-2)18(19,15-11-7-3)16-12-8-4;1-2-3-4-5-6-7-8-9-10-11(12)13/h17H,5-16,19H2,1-4H3;9-10H,2-8H2,1H3,(H,12,13). The molecule has 0 aliphatic rings. The molecule has 0 amide bonds. The van der Waals surface area contributed by atoms with Crippen molar-refractivity contribution in [1.82, 2.24) is 0 Å². The second-order valence-corrected chi connectivity index (χ2v) is 9.72. The van der Waals surface area contributed by atoms with E-state index in [1.54, 1.807) is 6.08 Å². The molecule has 0 aliphatic heterocycles. The molecule has 0 aromatic heterocycles. The molecule has 0 saturated carbocycles. The number of carbonyl (C=O) groups is 1. The van der Waals surface area contributed by atoms with E-state index >= 15 is 0 Å². The Hall–Kier alpha value is -0.830. The van der Waals surface area contributed by atoms with Crippen LogP contribution >= 0.6 is 0 Å². The molecule has 0 rings (SSSR count).